The second kappa shape index (κ2) is 6.63. The minimum Gasteiger partial charge on any atom is -0.298 e. The van der Waals surface area contributed by atoms with Gasteiger partial charge in [0.1, 0.15) is 18.5 Å². The summed E-state index contributed by atoms with van der Waals surface area (Å²) in [6, 6.07) is 6.98. The molecule has 0 aliphatic carbocycles. The standard InChI is InChI=1S/C16H19FN4/c17-15-7-5-14(6-8-15)3-1-9-20-10-2-4-16(11-20)21-13-18-12-19-21/h1,3,5-8,12-13,16H,2,4,9-11H2/b3-1+. The van der Waals surface area contributed by atoms with Gasteiger partial charge in [0.2, 0.25) is 0 Å². The zero-order valence-corrected chi connectivity index (χ0v) is 11.9. The number of nitrogens with zero attached hydrogens (tertiary/aromatic N) is 4. The highest BCUT2D eigenvalue weighted by molar-refractivity contribution is 5.48. The van der Waals surface area contributed by atoms with Crippen molar-refractivity contribution < 1.29 is 4.39 Å². The van der Waals surface area contributed by atoms with Crippen molar-refractivity contribution in [2.75, 3.05) is 19.6 Å². The zero-order valence-electron chi connectivity index (χ0n) is 11.9. The van der Waals surface area contributed by atoms with Crippen molar-refractivity contribution in [3.8, 4) is 0 Å². The minimum absolute atomic E-state index is 0.196. The van der Waals surface area contributed by atoms with Crippen LogP contribution in [0, 0.1) is 5.82 Å². The molecule has 4 nitrogen and oxygen atoms in total. The summed E-state index contributed by atoms with van der Waals surface area (Å²) in [6.07, 6.45) is 9.89. The molecule has 2 aromatic rings. The van der Waals surface area contributed by atoms with Gasteiger partial charge in [0, 0.05) is 13.1 Å². The van der Waals surface area contributed by atoms with Crippen molar-refractivity contribution in [2.45, 2.75) is 18.9 Å². The van der Waals surface area contributed by atoms with Gasteiger partial charge in [-0.1, -0.05) is 24.3 Å². The Morgan fingerprint density at radius 2 is 2.14 bits per heavy atom. The Labute approximate surface area is 123 Å². The molecule has 3 rings (SSSR count). The lowest BCUT2D eigenvalue weighted by atomic mass is 10.1. The van der Waals surface area contributed by atoms with E-state index < -0.39 is 0 Å². The van der Waals surface area contributed by atoms with Crippen LogP contribution >= 0.6 is 0 Å². The molecule has 1 aromatic heterocycles. The lowest BCUT2D eigenvalue weighted by molar-refractivity contribution is 0.185. The summed E-state index contributed by atoms with van der Waals surface area (Å²) in [5, 5.41) is 4.24. The van der Waals surface area contributed by atoms with Crippen molar-refractivity contribution in [1.82, 2.24) is 19.7 Å². The summed E-state index contributed by atoms with van der Waals surface area (Å²) in [4.78, 5) is 6.43. The number of hydrogen-bond donors (Lipinski definition) is 0. The van der Waals surface area contributed by atoms with E-state index in [0.717, 1.165) is 31.6 Å². The van der Waals surface area contributed by atoms with Crippen molar-refractivity contribution in [3.63, 3.8) is 0 Å². The van der Waals surface area contributed by atoms with Crippen LogP contribution in [-0.4, -0.2) is 39.3 Å². The van der Waals surface area contributed by atoms with Crippen LogP contribution in [0.25, 0.3) is 6.08 Å². The summed E-state index contributed by atoms with van der Waals surface area (Å²) in [5.41, 5.74) is 1.03. The molecule has 0 bridgehead atoms. The predicted molar refractivity (Wildman–Crippen MR) is 80.2 cm³/mol. The van der Waals surface area contributed by atoms with Crippen molar-refractivity contribution in [2.24, 2.45) is 0 Å². The van der Waals surface area contributed by atoms with Crippen LogP contribution in [0.3, 0.4) is 0 Å². The van der Waals surface area contributed by atoms with E-state index in [1.165, 1.54) is 18.6 Å². The Morgan fingerprint density at radius 3 is 2.90 bits per heavy atom. The lowest BCUT2D eigenvalue weighted by Gasteiger charge is -2.31. The van der Waals surface area contributed by atoms with Gasteiger partial charge in [-0.25, -0.2) is 14.1 Å². The van der Waals surface area contributed by atoms with Gasteiger partial charge in [-0.3, -0.25) is 4.90 Å². The molecule has 1 atom stereocenters. The van der Waals surface area contributed by atoms with Gasteiger partial charge in [0.25, 0.3) is 0 Å². The van der Waals surface area contributed by atoms with Crippen molar-refractivity contribution in [3.05, 3.63) is 54.4 Å². The van der Waals surface area contributed by atoms with E-state index in [9.17, 15) is 4.39 Å². The molecule has 0 amide bonds. The van der Waals surface area contributed by atoms with Gasteiger partial charge in [-0.2, -0.15) is 5.10 Å². The van der Waals surface area contributed by atoms with Gasteiger partial charge >= 0.3 is 0 Å². The number of aromatic nitrogens is 3. The van der Waals surface area contributed by atoms with E-state index in [4.69, 9.17) is 0 Å². The monoisotopic (exact) mass is 286 g/mol. The third-order valence-electron chi connectivity index (χ3n) is 3.84. The lowest BCUT2D eigenvalue weighted by Crippen LogP contribution is -2.36. The summed E-state index contributed by atoms with van der Waals surface area (Å²) >= 11 is 0. The fraction of sp³-hybridized carbons (Fsp3) is 0.375. The smallest absolute Gasteiger partial charge is 0.137 e. The quantitative estimate of drug-likeness (QED) is 0.866. The molecule has 5 heteroatoms. The summed E-state index contributed by atoms with van der Waals surface area (Å²) in [7, 11) is 0. The first-order valence-corrected chi connectivity index (χ1v) is 7.30. The molecule has 2 heterocycles. The van der Waals surface area contributed by atoms with Crippen molar-refractivity contribution >= 4 is 6.08 Å². The molecular weight excluding hydrogens is 267 g/mol. The van der Waals surface area contributed by atoms with Crippen LogP contribution in [-0.2, 0) is 0 Å². The number of hydrogen-bond acceptors (Lipinski definition) is 3. The van der Waals surface area contributed by atoms with Gasteiger partial charge in [-0.15, -0.1) is 0 Å². The Bertz CT molecular complexity index is 577. The van der Waals surface area contributed by atoms with E-state index in [2.05, 4.69) is 21.1 Å². The first-order chi connectivity index (χ1) is 10.3. The minimum atomic E-state index is -0.196. The first kappa shape index (κ1) is 13.9. The number of piperidine rings is 1. The Kier molecular flexibility index (Phi) is 4.40. The normalized spacial score (nSPS) is 20.1. The Morgan fingerprint density at radius 1 is 1.29 bits per heavy atom. The highest BCUT2D eigenvalue weighted by Gasteiger charge is 2.20. The second-order valence-corrected chi connectivity index (χ2v) is 5.39. The molecule has 1 aliphatic heterocycles. The number of benzene rings is 1. The van der Waals surface area contributed by atoms with E-state index in [1.807, 2.05) is 10.8 Å². The third-order valence-corrected chi connectivity index (χ3v) is 3.84. The highest BCUT2D eigenvalue weighted by Crippen LogP contribution is 2.20. The molecule has 0 saturated carbocycles. The maximum Gasteiger partial charge on any atom is 0.137 e. The number of rotatable bonds is 4. The predicted octanol–water partition coefficient (Wildman–Crippen LogP) is 2.77. The van der Waals surface area contributed by atoms with Crippen LogP contribution in [0.15, 0.2) is 43.0 Å². The molecule has 1 aromatic carbocycles. The summed E-state index contributed by atoms with van der Waals surface area (Å²) in [5.74, 6) is -0.196. The van der Waals surface area contributed by atoms with E-state index in [0.29, 0.717) is 6.04 Å². The Hall–Kier alpha value is -2.01. The topological polar surface area (TPSA) is 34.0 Å². The van der Waals surface area contributed by atoms with Gasteiger partial charge in [0.05, 0.1) is 6.04 Å². The van der Waals surface area contributed by atoms with Crippen LogP contribution in [0.1, 0.15) is 24.4 Å². The maximum atomic E-state index is 12.8. The average molecular weight is 286 g/mol. The number of halogens is 1. The van der Waals surface area contributed by atoms with Gasteiger partial charge < -0.3 is 0 Å². The molecule has 0 N–H and O–H groups in total. The average Bonchev–Trinajstić information content (AvgIpc) is 3.04. The van der Waals surface area contributed by atoms with Crippen LogP contribution in [0.5, 0.6) is 0 Å². The maximum absolute atomic E-state index is 12.8. The first-order valence-electron chi connectivity index (χ1n) is 7.30. The van der Waals surface area contributed by atoms with Gasteiger partial charge in [0.15, 0.2) is 0 Å². The summed E-state index contributed by atoms with van der Waals surface area (Å²) in [6.45, 7) is 3.01. The molecule has 1 unspecified atom stereocenters. The molecular formula is C16H19FN4. The zero-order chi connectivity index (χ0) is 14.5. The molecule has 1 aliphatic rings. The molecule has 1 fully saturated rings. The largest absolute Gasteiger partial charge is 0.298 e. The number of likely N-dealkylation sites (tertiary alicyclic amines) is 1. The molecule has 0 radical (unpaired) electrons. The summed E-state index contributed by atoms with van der Waals surface area (Å²) < 4.78 is 14.8. The molecule has 0 spiro atoms. The third kappa shape index (κ3) is 3.76. The fourth-order valence-electron chi connectivity index (χ4n) is 2.73. The SMILES string of the molecule is Fc1ccc(/C=C/CN2CCCC(n3cncn3)C2)cc1. The van der Waals surface area contributed by atoms with E-state index in [-0.39, 0.29) is 5.82 Å². The Balaban J connectivity index is 1.54. The van der Waals surface area contributed by atoms with E-state index in [1.54, 1.807) is 24.8 Å². The second-order valence-electron chi connectivity index (χ2n) is 5.39. The fourth-order valence-corrected chi connectivity index (χ4v) is 2.73. The highest BCUT2D eigenvalue weighted by atomic mass is 19.1. The molecule has 110 valence electrons. The van der Waals surface area contributed by atoms with Crippen LogP contribution < -0.4 is 0 Å². The van der Waals surface area contributed by atoms with Crippen LogP contribution in [0.4, 0.5) is 4.39 Å². The van der Waals surface area contributed by atoms with Crippen LogP contribution in [0.2, 0.25) is 0 Å². The molecule has 21 heavy (non-hydrogen) atoms. The van der Waals surface area contributed by atoms with Gasteiger partial charge in [-0.05, 0) is 37.1 Å². The van der Waals surface area contributed by atoms with E-state index >= 15 is 0 Å². The van der Waals surface area contributed by atoms with Crippen molar-refractivity contribution in [1.29, 1.82) is 0 Å². The molecule has 1 saturated heterocycles.